The smallest absolute Gasteiger partial charge is 0.312 e. The SMILES string of the molecule is CNc1cc(Oc2ccc(C#N)cc2[N+](=O)[O-])nc(C)n1. The highest BCUT2D eigenvalue weighted by atomic mass is 16.6. The van der Waals surface area contributed by atoms with Gasteiger partial charge in [0.25, 0.3) is 0 Å². The van der Waals surface area contributed by atoms with Gasteiger partial charge in [-0.2, -0.15) is 10.2 Å². The van der Waals surface area contributed by atoms with Crippen LogP contribution in [0.5, 0.6) is 11.6 Å². The van der Waals surface area contributed by atoms with Gasteiger partial charge in [-0.25, -0.2) is 4.98 Å². The normalized spacial score (nSPS) is 9.76. The summed E-state index contributed by atoms with van der Waals surface area (Å²) in [5, 5.41) is 22.7. The molecule has 0 aliphatic heterocycles. The number of hydrogen-bond acceptors (Lipinski definition) is 7. The van der Waals surface area contributed by atoms with Crippen LogP contribution in [-0.2, 0) is 0 Å². The summed E-state index contributed by atoms with van der Waals surface area (Å²) in [5.41, 5.74) is -0.111. The van der Waals surface area contributed by atoms with E-state index >= 15 is 0 Å². The van der Waals surface area contributed by atoms with E-state index in [1.165, 1.54) is 18.2 Å². The van der Waals surface area contributed by atoms with Gasteiger partial charge in [0, 0.05) is 19.2 Å². The third-order valence-electron chi connectivity index (χ3n) is 2.57. The molecular weight excluding hydrogens is 274 g/mol. The largest absolute Gasteiger partial charge is 0.432 e. The Kier molecular flexibility index (Phi) is 3.95. The fourth-order valence-corrected chi connectivity index (χ4v) is 1.65. The molecule has 1 N–H and O–H groups in total. The molecule has 0 saturated carbocycles. The average molecular weight is 285 g/mol. The molecule has 8 heteroatoms. The van der Waals surface area contributed by atoms with Crippen molar-refractivity contribution in [1.29, 1.82) is 5.26 Å². The molecule has 0 saturated heterocycles. The number of ether oxygens (including phenoxy) is 1. The first-order chi connectivity index (χ1) is 10.0. The molecule has 8 nitrogen and oxygen atoms in total. The third kappa shape index (κ3) is 3.22. The zero-order chi connectivity index (χ0) is 15.4. The lowest BCUT2D eigenvalue weighted by Gasteiger charge is -2.08. The number of hydrogen-bond donors (Lipinski definition) is 1. The summed E-state index contributed by atoms with van der Waals surface area (Å²) in [6, 6.07) is 7.33. The Morgan fingerprint density at radius 1 is 1.38 bits per heavy atom. The Morgan fingerprint density at radius 3 is 2.76 bits per heavy atom. The molecule has 106 valence electrons. The molecule has 0 bridgehead atoms. The van der Waals surface area contributed by atoms with Crippen LogP contribution < -0.4 is 10.1 Å². The number of nitro groups is 1. The van der Waals surface area contributed by atoms with E-state index in [1.807, 2.05) is 6.07 Å². The molecular formula is C13H11N5O3. The molecule has 0 spiro atoms. The van der Waals surface area contributed by atoms with Gasteiger partial charge in [-0.3, -0.25) is 10.1 Å². The maximum atomic E-state index is 11.0. The number of nitro benzene ring substituents is 1. The molecule has 21 heavy (non-hydrogen) atoms. The fourth-order valence-electron chi connectivity index (χ4n) is 1.65. The molecule has 0 atom stereocenters. The molecule has 0 aliphatic carbocycles. The van der Waals surface area contributed by atoms with E-state index in [1.54, 1.807) is 14.0 Å². The molecule has 0 radical (unpaired) electrons. The Bertz CT molecular complexity index is 739. The number of nitriles is 1. The zero-order valence-corrected chi connectivity index (χ0v) is 11.3. The van der Waals surface area contributed by atoms with Gasteiger partial charge >= 0.3 is 5.69 Å². The Labute approximate surface area is 120 Å². The zero-order valence-electron chi connectivity index (χ0n) is 11.3. The van der Waals surface area contributed by atoms with Gasteiger partial charge in [-0.15, -0.1) is 0 Å². The summed E-state index contributed by atoms with van der Waals surface area (Å²) in [6.07, 6.45) is 0. The van der Waals surface area contributed by atoms with Crippen molar-refractivity contribution in [3.63, 3.8) is 0 Å². The van der Waals surface area contributed by atoms with Gasteiger partial charge in [0.15, 0.2) is 0 Å². The lowest BCUT2D eigenvalue weighted by Crippen LogP contribution is -2.00. The maximum Gasteiger partial charge on any atom is 0.312 e. The average Bonchev–Trinajstić information content (AvgIpc) is 2.46. The number of nitrogens with zero attached hydrogens (tertiary/aromatic N) is 4. The highest BCUT2D eigenvalue weighted by Crippen LogP contribution is 2.31. The maximum absolute atomic E-state index is 11.0. The first-order valence-corrected chi connectivity index (χ1v) is 5.93. The predicted molar refractivity (Wildman–Crippen MR) is 74.2 cm³/mol. The van der Waals surface area contributed by atoms with Crippen molar-refractivity contribution in [1.82, 2.24) is 9.97 Å². The van der Waals surface area contributed by atoms with Crippen LogP contribution in [0.1, 0.15) is 11.4 Å². The van der Waals surface area contributed by atoms with Crippen LogP contribution in [0.3, 0.4) is 0 Å². The Balaban J connectivity index is 2.42. The van der Waals surface area contributed by atoms with Crippen LogP contribution in [-0.4, -0.2) is 21.9 Å². The summed E-state index contributed by atoms with van der Waals surface area (Å²) >= 11 is 0. The Morgan fingerprint density at radius 2 is 2.14 bits per heavy atom. The number of aryl methyl sites for hydroxylation is 1. The molecule has 1 heterocycles. The molecule has 2 aromatic rings. The highest BCUT2D eigenvalue weighted by molar-refractivity contribution is 5.53. The molecule has 0 amide bonds. The van der Waals surface area contributed by atoms with Gasteiger partial charge in [0.2, 0.25) is 11.6 Å². The molecule has 2 rings (SSSR count). The minimum absolute atomic E-state index is 0.0131. The third-order valence-corrected chi connectivity index (χ3v) is 2.57. The second kappa shape index (κ2) is 5.83. The molecule has 1 aromatic heterocycles. The van der Waals surface area contributed by atoms with E-state index in [4.69, 9.17) is 10.00 Å². The minimum Gasteiger partial charge on any atom is -0.432 e. The molecule has 0 aliphatic rings. The van der Waals surface area contributed by atoms with E-state index in [0.717, 1.165) is 6.07 Å². The quantitative estimate of drug-likeness (QED) is 0.677. The van der Waals surface area contributed by atoms with Crippen molar-refractivity contribution in [2.45, 2.75) is 6.92 Å². The molecule has 0 fully saturated rings. The van der Waals surface area contributed by atoms with Gasteiger partial charge < -0.3 is 10.1 Å². The highest BCUT2D eigenvalue weighted by Gasteiger charge is 2.17. The standard InChI is InChI=1S/C13H11N5O3/c1-8-16-12(15-2)6-13(17-8)21-11-4-3-9(7-14)5-10(11)18(19)20/h3-6H,1-2H3,(H,15,16,17). The second-order valence-corrected chi connectivity index (χ2v) is 4.04. The second-order valence-electron chi connectivity index (χ2n) is 4.04. The summed E-state index contributed by atoms with van der Waals surface area (Å²) in [5.74, 6) is 1.20. The number of nitrogens with one attached hydrogen (secondary N) is 1. The van der Waals surface area contributed by atoms with E-state index in [-0.39, 0.29) is 22.9 Å². The summed E-state index contributed by atoms with van der Waals surface area (Å²) in [6.45, 7) is 1.68. The van der Waals surface area contributed by atoms with E-state index in [0.29, 0.717) is 11.6 Å². The lowest BCUT2D eigenvalue weighted by molar-refractivity contribution is -0.385. The van der Waals surface area contributed by atoms with E-state index in [2.05, 4.69) is 15.3 Å². The summed E-state index contributed by atoms with van der Waals surface area (Å²) in [7, 11) is 1.69. The fraction of sp³-hybridized carbons (Fsp3) is 0.154. The van der Waals surface area contributed by atoms with Crippen LogP contribution in [0.15, 0.2) is 24.3 Å². The van der Waals surface area contributed by atoms with E-state index in [9.17, 15) is 10.1 Å². The summed E-state index contributed by atoms with van der Waals surface area (Å²) < 4.78 is 5.45. The number of aromatic nitrogens is 2. The van der Waals surface area contributed by atoms with Crippen LogP contribution in [0.4, 0.5) is 11.5 Å². The monoisotopic (exact) mass is 285 g/mol. The van der Waals surface area contributed by atoms with Crippen molar-refractivity contribution in [3.05, 3.63) is 45.8 Å². The first-order valence-electron chi connectivity index (χ1n) is 5.93. The van der Waals surface area contributed by atoms with Crippen LogP contribution in [0.25, 0.3) is 0 Å². The van der Waals surface area contributed by atoms with Crippen LogP contribution in [0.2, 0.25) is 0 Å². The number of benzene rings is 1. The molecule has 0 unspecified atom stereocenters. The predicted octanol–water partition coefficient (Wildman–Crippen LogP) is 2.40. The van der Waals surface area contributed by atoms with Gasteiger partial charge in [-0.05, 0) is 19.1 Å². The Hall–Kier alpha value is -3.21. The van der Waals surface area contributed by atoms with Crippen LogP contribution >= 0.6 is 0 Å². The minimum atomic E-state index is -0.608. The van der Waals surface area contributed by atoms with Gasteiger partial charge in [0.1, 0.15) is 11.6 Å². The number of rotatable bonds is 4. The first kappa shape index (κ1) is 14.2. The van der Waals surface area contributed by atoms with Crippen molar-refractivity contribution < 1.29 is 9.66 Å². The van der Waals surface area contributed by atoms with Crippen molar-refractivity contribution in [2.24, 2.45) is 0 Å². The molecule has 1 aromatic carbocycles. The van der Waals surface area contributed by atoms with Crippen molar-refractivity contribution in [2.75, 3.05) is 12.4 Å². The lowest BCUT2D eigenvalue weighted by atomic mass is 10.2. The van der Waals surface area contributed by atoms with Crippen molar-refractivity contribution >= 4 is 11.5 Å². The van der Waals surface area contributed by atoms with Gasteiger partial charge in [-0.1, -0.05) is 0 Å². The van der Waals surface area contributed by atoms with Crippen molar-refractivity contribution in [3.8, 4) is 17.7 Å². The number of anilines is 1. The van der Waals surface area contributed by atoms with E-state index < -0.39 is 4.92 Å². The van der Waals surface area contributed by atoms with Crippen LogP contribution in [0, 0.1) is 28.4 Å². The van der Waals surface area contributed by atoms with Gasteiger partial charge in [0.05, 0.1) is 16.6 Å². The topological polar surface area (TPSA) is 114 Å². The summed E-state index contributed by atoms with van der Waals surface area (Å²) in [4.78, 5) is 18.6.